The van der Waals surface area contributed by atoms with E-state index in [-0.39, 0.29) is 5.91 Å². The molecule has 0 unspecified atom stereocenters. The molecule has 1 amide bonds. The van der Waals surface area contributed by atoms with E-state index in [2.05, 4.69) is 29.1 Å². The van der Waals surface area contributed by atoms with Crippen LogP contribution in [0.25, 0.3) is 0 Å². The molecule has 0 aliphatic carbocycles. The number of hydrogen-bond acceptors (Lipinski definition) is 5. The molecule has 7 heteroatoms. The highest BCUT2D eigenvalue weighted by molar-refractivity contribution is 7.14. The summed E-state index contributed by atoms with van der Waals surface area (Å²) in [7, 11) is 1.92. The van der Waals surface area contributed by atoms with Gasteiger partial charge in [-0.2, -0.15) is 0 Å². The van der Waals surface area contributed by atoms with Gasteiger partial charge in [-0.05, 0) is 30.2 Å². The number of thiazole rings is 1. The van der Waals surface area contributed by atoms with Crippen molar-refractivity contribution in [2.45, 2.75) is 26.4 Å². The maximum absolute atomic E-state index is 12.3. The number of aryl methyl sites for hydroxylation is 1. The first-order chi connectivity index (χ1) is 12.0. The van der Waals surface area contributed by atoms with E-state index in [0.29, 0.717) is 29.0 Å². The minimum atomic E-state index is -0.180. The number of hydrogen-bond donors (Lipinski definition) is 1. The first-order valence-corrected chi connectivity index (χ1v) is 8.86. The molecule has 0 aliphatic heterocycles. The molecule has 0 saturated carbocycles. The standard InChI is InChI=1S/C18H20N4O2S/c1-12(2)15-11-25-18(20-15)21-17(23)13-4-6-14(7-5-13)24-10-16-19-8-9-22(16)3/h4-9,11-12H,10H2,1-3H3,(H,20,21,23). The zero-order chi connectivity index (χ0) is 17.8. The second kappa shape index (κ2) is 7.48. The van der Waals surface area contributed by atoms with E-state index in [9.17, 15) is 4.79 Å². The Balaban J connectivity index is 1.59. The highest BCUT2D eigenvalue weighted by atomic mass is 32.1. The molecule has 0 bridgehead atoms. The normalized spacial score (nSPS) is 10.9. The predicted molar refractivity (Wildman–Crippen MR) is 98.1 cm³/mol. The topological polar surface area (TPSA) is 69.0 Å². The van der Waals surface area contributed by atoms with Gasteiger partial charge in [0.1, 0.15) is 18.2 Å². The van der Waals surface area contributed by atoms with Gasteiger partial charge in [-0.1, -0.05) is 13.8 Å². The van der Waals surface area contributed by atoms with Gasteiger partial charge in [0.15, 0.2) is 5.13 Å². The van der Waals surface area contributed by atoms with Gasteiger partial charge in [0, 0.05) is 30.4 Å². The molecule has 0 radical (unpaired) electrons. The van der Waals surface area contributed by atoms with Crippen molar-refractivity contribution in [1.82, 2.24) is 14.5 Å². The van der Waals surface area contributed by atoms with Crippen molar-refractivity contribution in [2.75, 3.05) is 5.32 Å². The number of rotatable bonds is 6. The van der Waals surface area contributed by atoms with Gasteiger partial charge in [0.05, 0.1) is 5.69 Å². The van der Waals surface area contributed by atoms with E-state index in [1.54, 1.807) is 30.5 Å². The van der Waals surface area contributed by atoms with Crippen molar-refractivity contribution in [3.63, 3.8) is 0 Å². The summed E-state index contributed by atoms with van der Waals surface area (Å²) in [6.07, 6.45) is 3.60. The number of carbonyl (C=O) groups is 1. The van der Waals surface area contributed by atoms with E-state index >= 15 is 0 Å². The molecule has 2 heterocycles. The molecule has 0 atom stereocenters. The molecular formula is C18H20N4O2S. The summed E-state index contributed by atoms with van der Waals surface area (Å²) in [5, 5.41) is 5.41. The van der Waals surface area contributed by atoms with Crippen molar-refractivity contribution >= 4 is 22.4 Å². The fraction of sp³-hybridized carbons (Fsp3) is 0.278. The van der Waals surface area contributed by atoms with E-state index in [0.717, 1.165) is 11.5 Å². The summed E-state index contributed by atoms with van der Waals surface area (Å²) in [4.78, 5) is 20.9. The molecule has 6 nitrogen and oxygen atoms in total. The number of amides is 1. The maximum Gasteiger partial charge on any atom is 0.257 e. The highest BCUT2D eigenvalue weighted by Gasteiger charge is 2.11. The number of anilines is 1. The molecule has 0 fully saturated rings. The fourth-order valence-electron chi connectivity index (χ4n) is 2.16. The third-order valence-corrected chi connectivity index (χ3v) is 4.52. The molecular weight excluding hydrogens is 336 g/mol. The Morgan fingerprint density at radius 1 is 1.32 bits per heavy atom. The molecule has 25 heavy (non-hydrogen) atoms. The van der Waals surface area contributed by atoms with Crippen LogP contribution in [-0.2, 0) is 13.7 Å². The molecule has 3 rings (SSSR count). The summed E-state index contributed by atoms with van der Waals surface area (Å²) in [6.45, 7) is 4.53. The highest BCUT2D eigenvalue weighted by Crippen LogP contribution is 2.22. The molecule has 0 aliphatic rings. The number of nitrogens with one attached hydrogen (secondary N) is 1. The summed E-state index contributed by atoms with van der Waals surface area (Å²) >= 11 is 1.43. The number of carbonyl (C=O) groups excluding carboxylic acids is 1. The van der Waals surface area contributed by atoms with Crippen LogP contribution >= 0.6 is 11.3 Å². The van der Waals surface area contributed by atoms with Gasteiger partial charge >= 0.3 is 0 Å². The third-order valence-electron chi connectivity index (χ3n) is 3.74. The van der Waals surface area contributed by atoms with Gasteiger partial charge in [0.25, 0.3) is 5.91 Å². The van der Waals surface area contributed by atoms with Crippen molar-refractivity contribution in [3.8, 4) is 5.75 Å². The Morgan fingerprint density at radius 3 is 2.68 bits per heavy atom. The zero-order valence-electron chi connectivity index (χ0n) is 14.4. The quantitative estimate of drug-likeness (QED) is 0.729. The van der Waals surface area contributed by atoms with Gasteiger partial charge in [0.2, 0.25) is 0 Å². The third kappa shape index (κ3) is 4.24. The number of benzene rings is 1. The predicted octanol–water partition coefficient (Wildman–Crippen LogP) is 3.83. The fourth-order valence-corrected chi connectivity index (χ4v) is 3.03. The first kappa shape index (κ1) is 17.2. The lowest BCUT2D eigenvalue weighted by Gasteiger charge is -2.07. The summed E-state index contributed by atoms with van der Waals surface area (Å²) < 4.78 is 7.59. The SMILES string of the molecule is CC(C)c1csc(NC(=O)c2ccc(OCc3nccn3C)cc2)n1. The molecule has 0 spiro atoms. The van der Waals surface area contributed by atoms with Crippen LogP contribution in [0.3, 0.4) is 0 Å². The Hall–Kier alpha value is -2.67. The van der Waals surface area contributed by atoms with Crippen molar-refractivity contribution in [1.29, 1.82) is 0 Å². The lowest BCUT2D eigenvalue weighted by molar-refractivity contribution is 0.102. The van der Waals surface area contributed by atoms with Crippen molar-refractivity contribution < 1.29 is 9.53 Å². The largest absolute Gasteiger partial charge is 0.486 e. The number of imidazole rings is 1. The molecule has 1 aromatic carbocycles. The smallest absolute Gasteiger partial charge is 0.257 e. The maximum atomic E-state index is 12.3. The summed E-state index contributed by atoms with van der Waals surface area (Å²) in [5.74, 6) is 1.69. The average Bonchev–Trinajstić information content (AvgIpc) is 3.22. The second-order valence-corrected chi connectivity index (χ2v) is 6.81. The molecule has 3 aromatic rings. The van der Waals surface area contributed by atoms with Crippen LogP contribution in [0.4, 0.5) is 5.13 Å². The van der Waals surface area contributed by atoms with Crippen molar-refractivity contribution in [2.24, 2.45) is 7.05 Å². The van der Waals surface area contributed by atoms with Crippen molar-refractivity contribution in [3.05, 3.63) is 59.1 Å². The first-order valence-electron chi connectivity index (χ1n) is 7.99. The minimum absolute atomic E-state index is 0.180. The summed E-state index contributed by atoms with van der Waals surface area (Å²) in [6, 6.07) is 7.03. The van der Waals surface area contributed by atoms with E-state index in [4.69, 9.17) is 4.74 Å². The van der Waals surface area contributed by atoms with E-state index in [1.165, 1.54) is 11.3 Å². The van der Waals surface area contributed by atoms with Crippen LogP contribution in [0.2, 0.25) is 0 Å². The van der Waals surface area contributed by atoms with Crippen LogP contribution in [0.15, 0.2) is 42.0 Å². The Labute approximate surface area is 150 Å². The Bertz CT molecular complexity index is 852. The Morgan fingerprint density at radius 2 is 2.08 bits per heavy atom. The lowest BCUT2D eigenvalue weighted by atomic mass is 10.2. The van der Waals surface area contributed by atoms with Crippen LogP contribution in [0.1, 0.15) is 41.6 Å². The second-order valence-electron chi connectivity index (χ2n) is 5.95. The van der Waals surface area contributed by atoms with E-state index in [1.807, 2.05) is 23.2 Å². The lowest BCUT2D eigenvalue weighted by Crippen LogP contribution is -2.11. The van der Waals surface area contributed by atoms with Gasteiger partial charge in [-0.25, -0.2) is 9.97 Å². The summed E-state index contributed by atoms with van der Waals surface area (Å²) in [5.41, 5.74) is 1.55. The number of nitrogens with zero attached hydrogens (tertiary/aromatic N) is 3. The molecule has 1 N–H and O–H groups in total. The number of ether oxygens (including phenoxy) is 1. The minimum Gasteiger partial charge on any atom is -0.486 e. The molecule has 130 valence electrons. The Kier molecular flexibility index (Phi) is 5.14. The zero-order valence-corrected chi connectivity index (χ0v) is 15.2. The molecule has 0 saturated heterocycles. The van der Waals surface area contributed by atoms with E-state index < -0.39 is 0 Å². The van der Waals surface area contributed by atoms with Crippen LogP contribution in [0, 0.1) is 0 Å². The number of aromatic nitrogens is 3. The van der Waals surface area contributed by atoms with Crippen LogP contribution in [0.5, 0.6) is 5.75 Å². The molecule has 2 aromatic heterocycles. The van der Waals surface area contributed by atoms with Gasteiger partial charge in [-0.15, -0.1) is 11.3 Å². The monoisotopic (exact) mass is 356 g/mol. The van der Waals surface area contributed by atoms with Gasteiger partial charge in [-0.3, -0.25) is 10.1 Å². The van der Waals surface area contributed by atoms with Gasteiger partial charge < -0.3 is 9.30 Å². The van der Waals surface area contributed by atoms with Crippen LogP contribution in [-0.4, -0.2) is 20.4 Å². The average molecular weight is 356 g/mol. The van der Waals surface area contributed by atoms with Crippen LogP contribution < -0.4 is 10.1 Å².